The van der Waals surface area contributed by atoms with E-state index in [1.807, 2.05) is 13.8 Å². The third-order valence-corrected chi connectivity index (χ3v) is 14.7. The fourth-order valence-electron chi connectivity index (χ4n) is 11.8. The molecule has 51 heavy (non-hydrogen) atoms. The van der Waals surface area contributed by atoms with Gasteiger partial charge in [-0.25, -0.2) is 0 Å². The van der Waals surface area contributed by atoms with Crippen molar-refractivity contribution in [3.8, 4) is 0 Å². The zero-order valence-electron chi connectivity index (χ0n) is 30.6. The zero-order chi connectivity index (χ0) is 37.4. The molecule has 21 atom stereocenters. The lowest BCUT2D eigenvalue weighted by Crippen LogP contribution is -2.75. The van der Waals surface area contributed by atoms with Gasteiger partial charge in [0, 0.05) is 5.92 Å². The molecule has 10 N–H and O–H groups in total. The van der Waals surface area contributed by atoms with Gasteiger partial charge in [0.15, 0.2) is 12.6 Å². The minimum Gasteiger partial charge on any atom is -0.393 e. The van der Waals surface area contributed by atoms with Crippen molar-refractivity contribution in [2.45, 2.75) is 171 Å². The van der Waals surface area contributed by atoms with Crippen molar-refractivity contribution in [1.82, 2.24) is 0 Å². The summed E-state index contributed by atoms with van der Waals surface area (Å²) in [4.78, 5) is 0. The van der Waals surface area contributed by atoms with Crippen molar-refractivity contribution < 1.29 is 70.0 Å². The van der Waals surface area contributed by atoms with Gasteiger partial charge in [-0.3, -0.25) is 0 Å². The Bertz CT molecular complexity index is 1190. The lowest BCUT2D eigenvalue weighted by molar-refractivity contribution is -0.350. The number of aliphatic hydroxyl groups excluding tert-OH is 9. The maximum atomic E-state index is 12.6. The van der Waals surface area contributed by atoms with Gasteiger partial charge in [0.1, 0.15) is 48.3 Å². The van der Waals surface area contributed by atoms with Crippen molar-refractivity contribution in [3.63, 3.8) is 0 Å². The molecule has 21 unspecified atom stereocenters. The number of hydrogen-bond acceptors (Lipinski definition) is 14. The van der Waals surface area contributed by atoms with Gasteiger partial charge in [0.25, 0.3) is 0 Å². The maximum Gasteiger partial charge on any atom is 0.186 e. The summed E-state index contributed by atoms with van der Waals surface area (Å²) >= 11 is 0. The first kappa shape index (κ1) is 40.1. The van der Waals surface area contributed by atoms with Gasteiger partial charge in [-0.1, -0.05) is 34.6 Å². The first-order chi connectivity index (χ1) is 23.9. The molecule has 4 aliphatic carbocycles. The smallest absolute Gasteiger partial charge is 0.186 e. The monoisotopic (exact) mass is 732 g/mol. The first-order valence-electron chi connectivity index (χ1n) is 19.2. The van der Waals surface area contributed by atoms with Crippen LogP contribution in [0.5, 0.6) is 0 Å². The zero-order valence-corrected chi connectivity index (χ0v) is 30.6. The highest BCUT2D eigenvalue weighted by molar-refractivity contribution is 5.23. The maximum absolute atomic E-state index is 12.6. The Kier molecular flexibility index (Phi) is 11.7. The van der Waals surface area contributed by atoms with Crippen molar-refractivity contribution in [2.75, 3.05) is 13.2 Å². The van der Waals surface area contributed by atoms with Crippen molar-refractivity contribution in [3.05, 3.63) is 0 Å². The Hall–Kier alpha value is -0.560. The van der Waals surface area contributed by atoms with E-state index in [0.717, 1.165) is 6.42 Å². The third kappa shape index (κ3) is 6.74. The summed E-state index contributed by atoms with van der Waals surface area (Å²) in [7, 11) is 0. The summed E-state index contributed by atoms with van der Waals surface area (Å²) in [5, 5.41) is 110. The van der Waals surface area contributed by atoms with E-state index < -0.39 is 96.0 Å². The Labute approximate surface area is 300 Å². The summed E-state index contributed by atoms with van der Waals surface area (Å²) in [6, 6.07) is 0. The summed E-state index contributed by atoms with van der Waals surface area (Å²) < 4.78 is 23.4. The largest absolute Gasteiger partial charge is 0.393 e. The Morgan fingerprint density at radius 2 is 1.33 bits per heavy atom. The van der Waals surface area contributed by atoms with Crippen molar-refractivity contribution in [1.29, 1.82) is 0 Å². The van der Waals surface area contributed by atoms with E-state index in [1.54, 1.807) is 0 Å². The highest BCUT2D eigenvalue weighted by Gasteiger charge is 2.73. The van der Waals surface area contributed by atoms with E-state index in [-0.39, 0.29) is 48.9 Å². The molecule has 0 aromatic rings. The molecule has 2 heterocycles. The van der Waals surface area contributed by atoms with Gasteiger partial charge in [-0.15, -0.1) is 0 Å². The first-order valence-corrected chi connectivity index (χ1v) is 19.2. The number of hydrogen-bond donors (Lipinski definition) is 10. The fraction of sp³-hybridized carbons (Fsp3) is 1.00. The molecule has 6 aliphatic rings. The van der Waals surface area contributed by atoms with E-state index >= 15 is 0 Å². The fourth-order valence-corrected chi connectivity index (χ4v) is 11.8. The number of aliphatic hydroxyl groups is 10. The van der Waals surface area contributed by atoms with Gasteiger partial charge in [-0.05, 0) is 91.8 Å². The van der Waals surface area contributed by atoms with E-state index in [9.17, 15) is 51.1 Å². The molecule has 6 rings (SSSR count). The lowest BCUT2D eigenvalue weighted by atomic mass is 9.41. The van der Waals surface area contributed by atoms with Crippen LogP contribution in [0.1, 0.15) is 86.0 Å². The van der Waals surface area contributed by atoms with Gasteiger partial charge in [-0.2, -0.15) is 0 Å². The molecule has 0 aromatic heterocycles. The van der Waals surface area contributed by atoms with Crippen LogP contribution in [-0.4, -0.2) is 150 Å². The minimum absolute atomic E-state index is 0.00374. The quantitative estimate of drug-likeness (QED) is 0.142. The average Bonchev–Trinajstić information content (AvgIpc) is 3.36. The number of ether oxygens (including phenoxy) is 4. The van der Waals surface area contributed by atoms with Crippen LogP contribution in [0, 0.1) is 46.3 Å². The molecule has 0 aromatic carbocycles. The number of rotatable bonds is 9. The normalized spacial score (nSPS) is 54.4. The SMILES string of the molecule is CC(C)C(CCC(C)C1CC(O)C2C1(C)CCC1C3(C)CCC(O)CC3C(O)C(O)C12O)OC1OCC(O)C(O)C1OC1OCC(O)C(O)C1O. The van der Waals surface area contributed by atoms with Crippen LogP contribution in [0.15, 0.2) is 0 Å². The predicted molar refractivity (Wildman–Crippen MR) is 179 cm³/mol. The van der Waals surface area contributed by atoms with Gasteiger partial charge in [0.2, 0.25) is 0 Å². The van der Waals surface area contributed by atoms with E-state index in [1.165, 1.54) is 0 Å². The van der Waals surface area contributed by atoms with Gasteiger partial charge < -0.3 is 70.0 Å². The van der Waals surface area contributed by atoms with Crippen molar-refractivity contribution >= 4 is 0 Å². The Balaban J connectivity index is 1.15. The molecular weight excluding hydrogens is 668 g/mol. The summed E-state index contributed by atoms with van der Waals surface area (Å²) in [6.07, 6.45) is -10.8. The highest BCUT2D eigenvalue weighted by atomic mass is 16.7. The molecular formula is C37H64O14. The average molecular weight is 733 g/mol. The van der Waals surface area contributed by atoms with E-state index in [2.05, 4.69) is 20.8 Å². The molecule has 4 saturated carbocycles. The molecule has 2 aliphatic heterocycles. The Morgan fingerprint density at radius 3 is 2.00 bits per heavy atom. The second-order valence-electron chi connectivity index (χ2n) is 17.9. The van der Waals surface area contributed by atoms with Crippen LogP contribution in [0.25, 0.3) is 0 Å². The van der Waals surface area contributed by atoms with Crippen LogP contribution < -0.4 is 0 Å². The molecule has 14 heteroatoms. The molecule has 14 nitrogen and oxygen atoms in total. The van der Waals surface area contributed by atoms with Gasteiger partial charge in [0.05, 0.1) is 37.6 Å². The van der Waals surface area contributed by atoms with Crippen LogP contribution in [0.3, 0.4) is 0 Å². The van der Waals surface area contributed by atoms with Gasteiger partial charge >= 0.3 is 0 Å². The summed E-state index contributed by atoms with van der Waals surface area (Å²) in [5.41, 5.74) is -2.67. The van der Waals surface area contributed by atoms with Crippen LogP contribution >= 0.6 is 0 Å². The van der Waals surface area contributed by atoms with Crippen LogP contribution in [-0.2, 0) is 18.9 Å². The summed E-state index contributed by atoms with van der Waals surface area (Å²) in [5.74, 6) is -1.23. The second kappa shape index (κ2) is 14.8. The highest BCUT2D eigenvalue weighted by Crippen LogP contribution is 2.69. The predicted octanol–water partition coefficient (Wildman–Crippen LogP) is -0.607. The third-order valence-electron chi connectivity index (χ3n) is 14.7. The topological polar surface area (TPSA) is 239 Å². The lowest BCUT2D eigenvalue weighted by Gasteiger charge is -2.67. The van der Waals surface area contributed by atoms with Crippen LogP contribution in [0.2, 0.25) is 0 Å². The minimum atomic E-state index is -1.68. The standard InChI is InChI=1S/C37H64O14/c1-16(2)24(50-34-30(28(44)23(41)15-49-34)51-33-29(45)27(43)22(40)14-48-33)7-6-17(3)19-13-21(39)31-36(19,5)11-9-25-35(4)10-8-18(38)12-20(35)26(42)32(46)37(25,31)47/h16-34,38-47H,6-15H2,1-5H3. The molecule has 0 spiro atoms. The molecule has 0 amide bonds. The molecule has 0 bridgehead atoms. The Morgan fingerprint density at radius 1 is 0.706 bits per heavy atom. The molecule has 2 saturated heterocycles. The number of fused-ring (bicyclic) bond motifs is 5. The summed E-state index contributed by atoms with van der Waals surface area (Å²) in [6.45, 7) is 9.79. The second-order valence-corrected chi connectivity index (χ2v) is 17.9. The molecule has 0 radical (unpaired) electrons. The van der Waals surface area contributed by atoms with E-state index in [4.69, 9.17) is 18.9 Å². The van der Waals surface area contributed by atoms with Crippen LogP contribution in [0.4, 0.5) is 0 Å². The molecule has 296 valence electrons. The van der Waals surface area contributed by atoms with E-state index in [0.29, 0.717) is 44.9 Å². The molecule has 6 fully saturated rings. The van der Waals surface area contributed by atoms with Crippen molar-refractivity contribution in [2.24, 2.45) is 46.3 Å².